The first-order valence-corrected chi connectivity index (χ1v) is 7.60. The molecule has 6 heteroatoms. The van der Waals surface area contributed by atoms with Crippen molar-refractivity contribution in [1.29, 1.82) is 0 Å². The third kappa shape index (κ3) is 3.28. The molecule has 1 aliphatic rings. The molecule has 1 aromatic heterocycles. The predicted molar refractivity (Wildman–Crippen MR) is 88.7 cm³/mol. The summed E-state index contributed by atoms with van der Waals surface area (Å²) < 4.78 is 17.4. The predicted octanol–water partition coefficient (Wildman–Crippen LogP) is 3.03. The van der Waals surface area contributed by atoms with Gasteiger partial charge in [-0.05, 0) is 51.4 Å². The second-order valence-corrected chi connectivity index (χ2v) is 6.37. The standard InChI is InChI=1S/C15H22BNO3S/c1-14(2)15(3,4)20-16(19-14)11(10-21)9-12-13(18-5)7-6-8-17-12/h6-9,21H,10H2,1-5H3. The summed E-state index contributed by atoms with van der Waals surface area (Å²) in [5, 5.41) is 0. The fourth-order valence-corrected chi connectivity index (χ4v) is 2.28. The highest BCUT2D eigenvalue weighted by Gasteiger charge is 2.52. The van der Waals surface area contributed by atoms with Gasteiger partial charge < -0.3 is 14.0 Å². The maximum absolute atomic E-state index is 6.05. The molecule has 0 unspecified atom stereocenters. The lowest BCUT2D eigenvalue weighted by molar-refractivity contribution is 0.00578. The van der Waals surface area contributed by atoms with E-state index >= 15 is 0 Å². The van der Waals surface area contributed by atoms with Crippen molar-refractivity contribution < 1.29 is 14.0 Å². The van der Waals surface area contributed by atoms with E-state index in [0.29, 0.717) is 11.5 Å². The third-order valence-electron chi connectivity index (χ3n) is 4.08. The van der Waals surface area contributed by atoms with Crippen LogP contribution < -0.4 is 4.74 Å². The molecular formula is C15H22BNO3S. The smallest absolute Gasteiger partial charge is 0.491 e. The zero-order valence-corrected chi connectivity index (χ0v) is 14.1. The van der Waals surface area contributed by atoms with Crippen LogP contribution in [0.15, 0.2) is 23.8 Å². The molecule has 114 valence electrons. The van der Waals surface area contributed by atoms with Gasteiger partial charge in [0.25, 0.3) is 0 Å². The molecule has 0 amide bonds. The van der Waals surface area contributed by atoms with Gasteiger partial charge in [0, 0.05) is 11.9 Å². The molecule has 0 radical (unpaired) electrons. The average molecular weight is 307 g/mol. The zero-order chi connectivity index (χ0) is 15.7. The Morgan fingerprint density at radius 2 is 1.95 bits per heavy atom. The van der Waals surface area contributed by atoms with E-state index in [1.54, 1.807) is 13.3 Å². The van der Waals surface area contributed by atoms with Crippen molar-refractivity contribution in [3.8, 4) is 5.75 Å². The second-order valence-electron chi connectivity index (χ2n) is 6.06. The monoisotopic (exact) mass is 307 g/mol. The summed E-state index contributed by atoms with van der Waals surface area (Å²) in [4.78, 5) is 4.33. The van der Waals surface area contributed by atoms with Crippen LogP contribution in [0.2, 0.25) is 0 Å². The van der Waals surface area contributed by atoms with E-state index in [9.17, 15) is 0 Å². The Balaban J connectivity index is 2.31. The third-order valence-corrected chi connectivity index (χ3v) is 4.45. The van der Waals surface area contributed by atoms with Gasteiger partial charge in [-0.25, -0.2) is 0 Å². The van der Waals surface area contributed by atoms with Crippen LogP contribution in [0.4, 0.5) is 0 Å². The molecule has 1 saturated heterocycles. The van der Waals surface area contributed by atoms with Gasteiger partial charge in [-0.2, -0.15) is 12.6 Å². The maximum Gasteiger partial charge on any atom is 0.491 e. The van der Waals surface area contributed by atoms with Gasteiger partial charge in [0.05, 0.1) is 18.3 Å². The summed E-state index contributed by atoms with van der Waals surface area (Å²) in [5.74, 6) is 1.24. The van der Waals surface area contributed by atoms with Crippen LogP contribution in [0.25, 0.3) is 6.08 Å². The maximum atomic E-state index is 6.05. The highest BCUT2D eigenvalue weighted by Crippen LogP contribution is 2.39. The molecule has 0 aliphatic carbocycles. The number of hydrogen-bond acceptors (Lipinski definition) is 5. The minimum Gasteiger partial charge on any atom is -0.494 e. The van der Waals surface area contributed by atoms with Gasteiger partial charge in [-0.3, -0.25) is 4.98 Å². The summed E-state index contributed by atoms with van der Waals surface area (Å²) in [6.45, 7) is 8.13. The van der Waals surface area contributed by atoms with E-state index in [1.165, 1.54) is 0 Å². The van der Waals surface area contributed by atoms with E-state index < -0.39 is 7.12 Å². The van der Waals surface area contributed by atoms with Crippen molar-refractivity contribution in [1.82, 2.24) is 4.98 Å². The lowest BCUT2D eigenvalue weighted by Crippen LogP contribution is -2.41. The number of thiol groups is 1. The summed E-state index contributed by atoms with van der Waals surface area (Å²) >= 11 is 4.40. The Bertz CT molecular complexity index is 529. The van der Waals surface area contributed by atoms with Gasteiger partial charge in [-0.15, -0.1) is 0 Å². The summed E-state index contributed by atoms with van der Waals surface area (Å²) in [6.07, 6.45) is 3.66. The molecule has 4 nitrogen and oxygen atoms in total. The van der Waals surface area contributed by atoms with Crippen LogP contribution >= 0.6 is 12.6 Å². The van der Waals surface area contributed by atoms with Gasteiger partial charge in [0.1, 0.15) is 11.4 Å². The van der Waals surface area contributed by atoms with Gasteiger partial charge in [0.2, 0.25) is 0 Å². The van der Waals surface area contributed by atoms with Crippen molar-refractivity contribution in [3.05, 3.63) is 29.5 Å². The molecule has 0 aromatic carbocycles. The molecule has 0 spiro atoms. The molecule has 1 aromatic rings. The Morgan fingerprint density at radius 3 is 2.48 bits per heavy atom. The Hall–Kier alpha value is -0.975. The van der Waals surface area contributed by atoms with Crippen LogP contribution in [-0.2, 0) is 9.31 Å². The number of aromatic nitrogens is 1. The van der Waals surface area contributed by atoms with Crippen molar-refractivity contribution >= 4 is 25.8 Å². The number of rotatable bonds is 4. The minimum atomic E-state index is -0.417. The molecule has 2 heterocycles. The van der Waals surface area contributed by atoms with Crippen molar-refractivity contribution in [2.24, 2.45) is 0 Å². The molecule has 2 rings (SSSR count). The van der Waals surface area contributed by atoms with E-state index in [0.717, 1.165) is 11.2 Å². The Kier molecular flexibility index (Phi) is 4.71. The number of hydrogen-bond donors (Lipinski definition) is 1. The first-order chi connectivity index (χ1) is 9.80. The zero-order valence-electron chi connectivity index (χ0n) is 13.2. The van der Waals surface area contributed by atoms with E-state index in [2.05, 4.69) is 17.6 Å². The first-order valence-electron chi connectivity index (χ1n) is 6.96. The molecule has 0 saturated carbocycles. The molecule has 1 fully saturated rings. The fourth-order valence-electron chi connectivity index (χ4n) is 2.04. The van der Waals surface area contributed by atoms with Crippen LogP contribution in [0.5, 0.6) is 5.75 Å². The van der Waals surface area contributed by atoms with E-state index in [4.69, 9.17) is 14.0 Å². The lowest BCUT2D eigenvalue weighted by atomic mass is 9.78. The lowest BCUT2D eigenvalue weighted by Gasteiger charge is -2.32. The van der Waals surface area contributed by atoms with Gasteiger partial charge >= 0.3 is 7.12 Å². The summed E-state index contributed by atoms with van der Waals surface area (Å²) in [6, 6.07) is 3.71. The van der Waals surface area contributed by atoms with E-state index in [1.807, 2.05) is 45.9 Å². The molecular weight excluding hydrogens is 285 g/mol. The number of ether oxygens (including phenoxy) is 1. The number of pyridine rings is 1. The largest absolute Gasteiger partial charge is 0.494 e. The van der Waals surface area contributed by atoms with Crippen LogP contribution in [0, 0.1) is 0 Å². The molecule has 21 heavy (non-hydrogen) atoms. The summed E-state index contributed by atoms with van der Waals surface area (Å²) in [7, 11) is 1.21. The highest BCUT2D eigenvalue weighted by molar-refractivity contribution is 7.80. The number of methoxy groups -OCH3 is 1. The molecule has 0 N–H and O–H groups in total. The van der Waals surface area contributed by atoms with Gasteiger partial charge in [0.15, 0.2) is 0 Å². The summed E-state index contributed by atoms with van der Waals surface area (Å²) in [5.41, 5.74) is 0.940. The van der Waals surface area contributed by atoms with Crippen LogP contribution in [0.3, 0.4) is 0 Å². The first kappa shape index (κ1) is 16.4. The van der Waals surface area contributed by atoms with Crippen LogP contribution in [0.1, 0.15) is 33.4 Å². The molecule has 0 atom stereocenters. The fraction of sp³-hybridized carbons (Fsp3) is 0.533. The highest BCUT2D eigenvalue weighted by atomic mass is 32.1. The minimum absolute atomic E-state index is 0.367. The quantitative estimate of drug-likeness (QED) is 0.686. The topological polar surface area (TPSA) is 40.6 Å². The van der Waals surface area contributed by atoms with Crippen LogP contribution in [-0.4, -0.2) is 36.2 Å². The van der Waals surface area contributed by atoms with Gasteiger partial charge in [-0.1, -0.05) is 0 Å². The Morgan fingerprint density at radius 1 is 1.33 bits per heavy atom. The van der Waals surface area contributed by atoms with Crippen molar-refractivity contribution in [3.63, 3.8) is 0 Å². The molecule has 0 bridgehead atoms. The van der Waals surface area contributed by atoms with Crippen molar-refractivity contribution in [2.75, 3.05) is 12.9 Å². The Labute approximate surface area is 132 Å². The second kappa shape index (κ2) is 6.03. The van der Waals surface area contributed by atoms with E-state index in [-0.39, 0.29) is 11.2 Å². The van der Waals surface area contributed by atoms with Crippen molar-refractivity contribution in [2.45, 2.75) is 38.9 Å². The normalized spacial score (nSPS) is 20.7. The average Bonchev–Trinajstić information content (AvgIpc) is 2.65. The SMILES string of the molecule is COc1cccnc1C=C(CS)B1OC(C)(C)C(C)(C)O1. The molecule has 1 aliphatic heterocycles. The number of nitrogens with zero attached hydrogens (tertiary/aromatic N) is 1.